The number of nitrogens with one attached hydrogen (secondary N) is 1. The number of aliphatic carboxylic acids is 1. The molecule has 18 heavy (non-hydrogen) atoms. The van der Waals surface area contributed by atoms with Crippen LogP contribution in [0.2, 0.25) is 0 Å². The number of halogens is 1. The van der Waals surface area contributed by atoms with Crippen molar-refractivity contribution in [2.45, 2.75) is 32.2 Å². The number of hydrogen-bond acceptors (Lipinski definition) is 2. The second kappa shape index (κ2) is 6.74. The van der Waals surface area contributed by atoms with Crippen molar-refractivity contribution in [1.82, 2.24) is 5.32 Å². The molecule has 1 unspecified atom stereocenters. The van der Waals surface area contributed by atoms with Gasteiger partial charge >= 0.3 is 5.97 Å². The Morgan fingerprint density at radius 1 is 1.39 bits per heavy atom. The smallest absolute Gasteiger partial charge is 0.326 e. The van der Waals surface area contributed by atoms with E-state index in [0.29, 0.717) is 12.8 Å². The summed E-state index contributed by atoms with van der Waals surface area (Å²) in [5.74, 6) is -2.02. The largest absolute Gasteiger partial charge is 0.480 e. The highest BCUT2D eigenvalue weighted by Crippen LogP contribution is 2.07. The fourth-order valence-electron chi connectivity index (χ4n) is 1.61. The molecule has 4 nitrogen and oxygen atoms in total. The zero-order valence-corrected chi connectivity index (χ0v) is 10.1. The molecule has 2 N–H and O–H groups in total. The van der Waals surface area contributed by atoms with Crippen LogP contribution >= 0.6 is 0 Å². The summed E-state index contributed by atoms with van der Waals surface area (Å²) in [5.41, 5.74) is 0.260. The van der Waals surface area contributed by atoms with E-state index < -0.39 is 23.7 Å². The molecule has 0 saturated carbocycles. The highest BCUT2D eigenvalue weighted by molar-refractivity contribution is 5.84. The number of carbonyl (C=O) groups excluding carboxylic acids is 1. The van der Waals surface area contributed by atoms with Gasteiger partial charge in [-0.1, -0.05) is 31.5 Å². The molecular weight excluding hydrogens is 237 g/mol. The van der Waals surface area contributed by atoms with Crippen LogP contribution in [0.15, 0.2) is 24.3 Å². The fraction of sp³-hybridized carbons (Fsp3) is 0.385. The average molecular weight is 253 g/mol. The van der Waals surface area contributed by atoms with Crippen LogP contribution in [-0.2, 0) is 16.0 Å². The standard InChI is InChI=1S/C13H16FNO3/c1-2-5-11(13(17)18)15-12(16)8-9-6-3-4-7-10(9)14/h3-4,6-7,11H,2,5,8H2,1H3,(H,15,16)(H,17,18). The van der Waals surface area contributed by atoms with E-state index in [1.807, 2.05) is 6.92 Å². The lowest BCUT2D eigenvalue weighted by Crippen LogP contribution is -2.41. The third kappa shape index (κ3) is 4.16. The quantitative estimate of drug-likeness (QED) is 0.811. The van der Waals surface area contributed by atoms with E-state index in [1.54, 1.807) is 6.07 Å². The first-order valence-electron chi connectivity index (χ1n) is 5.80. The summed E-state index contributed by atoms with van der Waals surface area (Å²) >= 11 is 0. The molecule has 0 saturated heterocycles. The minimum atomic E-state index is -1.07. The Morgan fingerprint density at radius 3 is 2.61 bits per heavy atom. The van der Waals surface area contributed by atoms with E-state index in [1.165, 1.54) is 18.2 Å². The molecule has 0 aliphatic heterocycles. The molecule has 0 fully saturated rings. The van der Waals surface area contributed by atoms with Crippen LogP contribution < -0.4 is 5.32 Å². The molecule has 0 aliphatic carbocycles. The van der Waals surface area contributed by atoms with Gasteiger partial charge in [0.2, 0.25) is 5.91 Å². The number of carboxylic acid groups (broad SMARTS) is 1. The molecule has 0 radical (unpaired) electrons. The van der Waals surface area contributed by atoms with Gasteiger partial charge in [0, 0.05) is 0 Å². The number of carboxylic acids is 1. The molecule has 1 aromatic carbocycles. The molecule has 0 spiro atoms. The van der Waals surface area contributed by atoms with Crippen LogP contribution in [-0.4, -0.2) is 23.0 Å². The van der Waals surface area contributed by atoms with Gasteiger partial charge < -0.3 is 10.4 Å². The Hall–Kier alpha value is -1.91. The third-order valence-electron chi connectivity index (χ3n) is 2.52. The van der Waals surface area contributed by atoms with Crippen LogP contribution in [0.3, 0.4) is 0 Å². The maximum atomic E-state index is 13.3. The molecule has 0 bridgehead atoms. The zero-order chi connectivity index (χ0) is 13.5. The van der Waals surface area contributed by atoms with Crippen molar-refractivity contribution < 1.29 is 19.1 Å². The van der Waals surface area contributed by atoms with Gasteiger partial charge in [0.05, 0.1) is 6.42 Å². The normalized spacial score (nSPS) is 11.9. The molecule has 1 atom stereocenters. The van der Waals surface area contributed by atoms with E-state index in [-0.39, 0.29) is 12.0 Å². The Balaban J connectivity index is 2.61. The van der Waals surface area contributed by atoms with Crippen LogP contribution in [0.1, 0.15) is 25.3 Å². The van der Waals surface area contributed by atoms with Gasteiger partial charge in [0.1, 0.15) is 11.9 Å². The van der Waals surface area contributed by atoms with E-state index >= 15 is 0 Å². The zero-order valence-electron chi connectivity index (χ0n) is 10.1. The number of carbonyl (C=O) groups is 2. The third-order valence-corrected chi connectivity index (χ3v) is 2.52. The summed E-state index contributed by atoms with van der Waals surface area (Å²) in [7, 11) is 0. The minimum absolute atomic E-state index is 0.153. The van der Waals surface area contributed by atoms with Crippen molar-refractivity contribution >= 4 is 11.9 Å². The highest BCUT2D eigenvalue weighted by atomic mass is 19.1. The Morgan fingerprint density at radius 2 is 2.06 bits per heavy atom. The summed E-state index contributed by atoms with van der Waals surface area (Å²) in [6.45, 7) is 1.83. The molecular formula is C13H16FNO3. The molecule has 1 aromatic rings. The van der Waals surface area contributed by atoms with E-state index in [9.17, 15) is 14.0 Å². The molecule has 0 aliphatic rings. The molecule has 1 rings (SSSR count). The first-order chi connectivity index (χ1) is 8.54. The van der Waals surface area contributed by atoms with Crippen LogP contribution in [0.5, 0.6) is 0 Å². The van der Waals surface area contributed by atoms with Crippen molar-refractivity contribution in [3.8, 4) is 0 Å². The Labute approximate surface area is 105 Å². The predicted octanol–water partition coefficient (Wildman–Crippen LogP) is 1.74. The first kappa shape index (κ1) is 14.2. The lowest BCUT2D eigenvalue weighted by molar-refractivity contribution is -0.141. The number of benzene rings is 1. The first-order valence-corrected chi connectivity index (χ1v) is 5.80. The highest BCUT2D eigenvalue weighted by Gasteiger charge is 2.19. The topological polar surface area (TPSA) is 66.4 Å². The maximum absolute atomic E-state index is 13.3. The second-order valence-electron chi connectivity index (χ2n) is 4.02. The van der Waals surface area contributed by atoms with Crippen LogP contribution in [0.4, 0.5) is 4.39 Å². The maximum Gasteiger partial charge on any atom is 0.326 e. The van der Waals surface area contributed by atoms with Gasteiger partial charge in [0.15, 0.2) is 0 Å². The summed E-state index contributed by atoms with van der Waals surface area (Å²) < 4.78 is 13.3. The summed E-state index contributed by atoms with van der Waals surface area (Å²) in [5, 5.41) is 11.3. The summed E-state index contributed by atoms with van der Waals surface area (Å²) in [6, 6.07) is 5.03. The van der Waals surface area contributed by atoms with Gasteiger partial charge in [-0.05, 0) is 18.1 Å². The average Bonchev–Trinajstić information content (AvgIpc) is 2.31. The minimum Gasteiger partial charge on any atom is -0.480 e. The molecule has 98 valence electrons. The van der Waals surface area contributed by atoms with Gasteiger partial charge in [-0.15, -0.1) is 0 Å². The Kier molecular flexibility index (Phi) is 5.30. The second-order valence-corrected chi connectivity index (χ2v) is 4.02. The lowest BCUT2D eigenvalue weighted by atomic mass is 10.1. The van der Waals surface area contributed by atoms with Crippen molar-refractivity contribution in [2.24, 2.45) is 0 Å². The molecule has 0 aromatic heterocycles. The van der Waals surface area contributed by atoms with Crippen LogP contribution in [0, 0.1) is 5.82 Å². The van der Waals surface area contributed by atoms with Crippen molar-refractivity contribution in [3.63, 3.8) is 0 Å². The van der Waals surface area contributed by atoms with Gasteiger partial charge in [-0.25, -0.2) is 9.18 Å². The lowest BCUT2D eigenvalue weighted by Gasteiger charge is -2.13. The summed E-state index contributed by atoms with van der Waals surface area (Å²) in [6.07, 6.45) is 0.857. The number of rotatable bonds is 6. The van der Waals surface area contributed by atoms with E-state index in [0.717, 1.165) is 0 Å². The molecule has 0 heterocycles. The van der Waals surface area contributed by atoms with Crippen molar-refractivity contribution in [3.05, 3.63) is 35.6 Å². The predicted molar refractivity (Wildman–Crippen MR) is 64.6 cm³/mol. The van der Waals surface area contributed by atoms with Crippen molar-refractivity contribution in [1.29, 1.82) is 0 Å². The van der Waals surface area contributed by atoms with Crippen molar-refractivity contribution in [2.75, 3.05) is 0 Å². The fourth-order valence-corrected chi connectivity index (χ4v) is 1.61. The van der Waals surface area contributed by atoms with Gasteiger partial charge in [-0.2, -0.15) is 0 Å². The van der Waals surface area contributed by atoms with E-state index in [2.05, 4.69) is 5.32 Å². The Bertz CT molecular complexity index is 434. The monoisotopic (exact) mass is 253 g/mol. The summed E-state index contributed by atoms with van der Waals surface area (Å²) in [4.78, 5) is 22.5. The molecule has 1 amide bonds. The number of amides is 1. The SMILES string of the molecule is CCCC(NC(=O)Cc1ccccc1F)C(=O)O. The number of hydrogen-bond donors (Lipinski definition) is 2. The molecule has 5 heteroatoms. The van der Waals surface area contributed by atoms with Crippen LogP contribution in [0.25, 0.3) is 0 Å². The van der Waals surface area contributed by atoms with Gasteiger partial charge in [-0.3, -0.25) is 4.79 Å². The van der Waals surface area contributed by atoms with Gasteiger partial charge in [0.25, 0.3) is 0 Å². The van der Waals surface area contributed by atoms with E-state index in [4.69, 9.17) is 5.11 Å².